The van der Waals surface area contributed by atoms with Gasteiger partial charge in [-0.15, -0.1) is 10.2 Å². The van der Waals surface area contributed by atoms with Crippen LogP contribution in [0.4, 0.5) is 0 Å². The molecule has 0 saturated carbocycles. The number of aryl methyl sites for hydroxylation is 1. The summed E-state index contributed by atoms with van der Waals surface area (Å²) in [5.41, 5.74) is 0.832. The molecule has 1 amide bonds. The lowest BCUT2D eigenvalue weighted by molar-refractivity contribution is 0.0758. The Balaban J connectivity index is 1.81. The van der Waals surface area contributed by atoms with E-state index in [1.807, 2.05) is 20.0 Å². The third kappa shape index (κ3) is 2.59. The minimum Gasteiger partial charge on any atom is -0.378 e. The van der Waals surface area contributed by atoms with Crippen LogP contribution < -0.4 is 5.32 Å². The largest absolute Gasteiger partial charge is 0.378 e. The lowest BCUT2D eigenvalue weighted by Gasteiger charge is -2.17. The summed E-state index contributed by atoms with van der Waals surface area (Å²) in [6.45, 7) is 3.41. The zero-order valence-electron chi connectivity index (χ0n) is 12.3. The Labute approximate surface area is 122 Å². The number of rotatable bonds is 3. The van der Waals surface area contributed by atoms with E-state index in [1.165, 1.54) is 0 Å². The second-order valence-electron chi connectivity index (χ2n) is 5.34. The SMILES string of the molecule is CO[C@H]1CN(C)C[C@@H]1NC(=O)c1nnc2nc(C)ccn12. The third-order valence-corrected chi connectivity index (χ3v) is 3.69. The number of aromatic nitrogens is 4. The van der Waals surface area contributed by atoms with Crippen molar-refractivity contribution in [3.8, 4) is 0 Å². The van der Waals surface area contributed by atoms with E-state index in [2.05, 4.69) is 25.4 Å². The molecule has 0 spiro atoms. The predicted octanol–water partition coefficient (Wildman–Crippen LogP) is -0.508. The van der Waals surface area contributed by atoms with E-state index in [9.17, 15) is 4.79 Å². The maximum absolute atomic E-state index is 12.4. The molecule has 1 fully saturated rings. The van der Waals surface area contributed by atoms with Crippen molar-refractivity contribution >= 4 is 11.7 Å². The van der Waals surface area contributed by atoms with Crippen molar-refractivity contribution in [2.75, 3.05) is 27.2 Å². The third-order valence-electron chi connectivity index (χ3n) is 3.69. The highest BCUT2D eigenvalue weighted by molar-refractivity contribution is 5.91. The van der Waals surface area contributed by atoms with Gasteiger partial charge in [0.1, 0.15) is 0 Å². The number of ether oxygens (including phenoxy) is 1. The normalized spacial score (nSPS) is 22.8. The number of hydrogen-bond donors (Lipinski definition) is 1. The molecule has 0 unspecified atom stereocenters. The Morgan fingerprint density at radius 1 is 1.43 bits per heavy atom. The molecule has 0 bridgehead atoms. The van der Waals surface area contributed by atoms with Gasteiger partial charge < -0.3 is 15.0 Å². The van der Waals surface area contributed by atoms with Gasteiger partial charge in [-0.25, -0.2) is 4.98 Å². The van der Waals surface area contributed by atoms with Crippen LogP contribution in [0.25, 0.3) is 5.78 Å². The average molecular weight is 290 g/mol. The van der Waals surface area contributed by atoms with Crippen LogP contribution in [-0.2, 0) is 4.74 Å². The lowest BCUT2D eigenvalue weighted by atomic mass is 10.2. The lowest BCUT2D eigenvalue weighted by Crippen LogP contribution is -2.44. The van der Waals surface area contributed by atoms with E-state index in [0.29, 0.717) is 5.78 Å². The van der Waals surface area contributed by atoms with Crippen LogP contribution in [0, 0.1) is 6.92 Å². The minimum absolute atomic E-state index is 0.0153. The number of nitrogens with zero attached hydrogens (tertiary/aromatic N) is 5. The van der Waals surface area contributed by atoms with Crippen molar-refractivity contribution in [1.82, 2.24) is 29.8 Å². The zero-order valence-corrected chi connectivity index (χ0v) is 12.3. The molecule has 0 aromatic carbocycles. The highest BCUT2D eigenvalue weighted by atomic mass is 16.5. The van der Waals surface area contributed by atoms with Crippen LogP contribution >= 0.6 is 0 Å². The second kappa shape index (κ2) is 5.38. The van der Waals surface area contributed by atoms with Crippen LogP contribution in [0.3, 0.4) is 0 Å². The zero-order chi connectivity index (χ0) is 15.0. The van der Waals surface area contributed by atoms with Gasteiger partial charge in [-0.2, -0.15) is 0 Å². The fraction of sp³-hybridized carbons (Fsp3) is 0.538. The highest BCUT2D eigenvalue weighted by Crippen LogP contribution is 2.12. The van der Waals surface area contributed by atoms with Crippen molar-refractivity contribution in [2.24, 2.45) is 0 Å². The van der Waals surface area contributed by atoms with E-state index in [1.54, 1.807) is 17.7 Å². The maximum Gasteiger partial charge on any atom is 0.290 e. The Bertz CT molecular complexity index is 670. The van der Waals surface area contributed by atoms with Crippen LogP contribution in [0.2, 0.25) is 0 Å². The highest BCUT2D eigenvalue weighted by Gasteiger charge is 2.33. The van der Waals surface area contributed by atoms with Gasteiger partial charge in [0.25, 0.3) is 11.7 Å². The molecule has 2 aromatic rings. The van der Waals surface area contributed by atoms with E-state index in [0.717, 1.165) is 18.8 Å². The van der Waals surface area contributed by atoms with E-state index in [4.69, 9.17) is 4.74 Å². The quantitative estimate of drug-likeness (QED) is 0.819. The summed E-state index contributed by atoms with van der Waals surface area (Å²) in [6.07, 6.45) is 1.74. The second-order valence-corrected chi connectivity index (χ2v) is 5.34. The maximum atomic E-state index is 12.4. The Hall–Kier alpha value is -2.06. The Morgan fingerprint density at radius 3 is 3.00 bits per heavy atom. The molecule has 8 heteroatoms. The van der Waals surface area contributed by atoms with Crippen LogP contribution in [0.1, 0.15) is 16.3 Å². The monoisotopic (exact) mass is 290 g/mol. The number of hydrogen-bond acceptors (Lipinski definition) is 6. The molecular weight excluding hydrogens is 272 g/mol. The molecule has 112 valence electrons. The summed E-state index contributed by atoms with van der Waals surface area (Å²) in [5, 5.41) is 10.8. The molecule has 1 N–H and O–H groups in total. The number of amides is 1. The van der Waals surface area contributed by atoms with E-state index in [-0.39, 0.29) is 23.9 Å². The number of carbonyl (C=O) groups excluding carboxylic acids is 1. The number of carbonyl (C=O) groups is 1. The number of fused-ring (bicyclic) bond motifs is 1. The van der Waals surface area contributed by atoms with Gasteiger partial charge in [0.2, 0.25) is 5.82 Å². The van der Waals surface area contributed by atoms with Crippen LogP contribution in [0.15, 0.2) is 12.3 Å². The number of likely N-dealkylation sites (N-methyl/N-ethyl adjacent to an activating group) is 1. The first-order valence-electron chi connectivity index (χ1n) is 6.79. The Kier molecular flexibility index (Phi) is 3.56. The van der Waals surface area contributed by atoms with Crippen molar-refractivity contribution in [3.63, 3.8) is 0 Å². The first kappa shape index (κ1) is 13.9. The summed E-state index contributed by atoms with van der Waals surface area (Å²) >= 11 is 0. The molecule has 3 heterocycles. The van der Waals surface area contributed by atoms with Crippen molar-refractivity contribution < 1.29 is 9.53 Å². The standard InChI is InChI=1S/C13H18N6O2/c1-8-4-5-19-11(16-17-13(19)14-8)12(20)15-9-6-18(2)7-10(9)21-3/h4-5,9-10H,6-7H2,1-3H3,(H,15,20)/t9-,10-/m0/s1. The fourth-order valence-corrected chi connectivity index (χ4v) is 2.60. The predicted molar refractivity (Wildman–Crippen MR) is 75.1 cm³/mol. The van der Waals surface area contributed by atoms with Gasteiger partial charge in [-0.05, 0) is 20.0 Å². The number of methoxy groups -OCH3 is 1. The molecule has 3 rings (SSSR count). The molecular formula is C13H18N6O2. The van der Waals surface area contributed by atoms with E-state index >= 15 is 0 Å². The van der Waals surface area contributed by atoms with E-state index < -0.39 is 0 Å². The topological polar surface area (TPSA) is 84.6 Å². The first-order chi connectivity index (χ1) is 10.1. The summed E-state index contributed by atoms with van der Waals surface area (Å²) in [5.74, 6) is 0.393. The van der Waals surface area contributed by atoms with Gasteiger partial charge in [0.15, 0.2) is 0 Å². The average Bonchev–Trinajstić information content (AvgIpc) is 3.01. The van der Waals surface area contributed by atoms with Gasteiger partial charge in [-0.3, -0.25) is 9.20 Å². The molecule has 0 aliphatic carbocycles. The summed E-state index contributed by atoms with van der Waals surface area (Å²) in [6, 6.07) is 1.76. The van der Waals surface area contributed by atoms with Crippen molar-refractivity contribution in [1.29, 1.82) is 0 Å². The van der Waals surface area contributed by atoms with Crippen molar-refractivity contribution in [2.45, 2.75) is 19.1 Å². The molecule has 1 aliphatic heterocycles. The molecule has 1 saturated heterocycles. The molecule has 2 aromatic heterocycles. The summed E-state index contributed by atoms with van der Waals surface area (Å²) < 4.78 is 6.99. The molecule has 8 nitrogen and oxygen atoms in total. The summed E-state index contributed by atoms with van der Waals surface area (Å²) in [7, 11) is 3.65. The van der Waals surface area contributed by atoms with Gasteiger partial charge in [-0.1, -0.05) is 0 Å². The Morgan fingerprint density at radius 2 is 2.24 bits per heavy atom. The minimum atomic E-state index is -0.268. The molecule has 21 heavy (non-hydrogen) atoms. The fourth-order valence-electron chi connectivity index (χ4n) is 2.60. The van der Waals surface area contributed by atoms with Crippen LogP contribution in [0.5, 0.6) is 0 Å². The number of nitrogens with one attached hydrogen (secondary N) is 1. The van der Waals surface area contributed by atoms with Crippen molar-refractivity contribution in [3.05, 3.63) is 23.8 Å². The summed E-state index contributed by atoms with van der Waals surface area (Å²) in [4.78, 5) is 18.7. The molecule has 1 aliphatic rings. The number of likely N-dealkylation sites (tertiary alicyclic amines) is 1. The molecule has 2 atom stereocenters. The van der Waals surface area contributed by atoms with Gasteiger partial charge >= 0.3 is 0 Å². The smallest absolute Gasteiger partial charge is 0.290 e. The van der Waals surface area contributed by atoms with Crippen LogP contribution in [-0.4, -0.2) is 69.8 Å². The molecule has 0 radical (unpaired) electrons. The first-order valence-corrected chi connectivity index (χ1v) is 6.79. The van der Waals surface area contributed by atoms with Gasteiger partial charge in [0, 0.05) is 32.1 Å². The van der Waals surface area contributed by atoms with Gasteiger partial charge in [0.05, 0.1) is 12.1 Å².